The van der Waals surface area contributed by atoms with E-state index >= 15 is 0 Å². The van der Waals surface area contributed by atoms with Crippen LogP contribution in [0.3, 0.4) is 0 Å². The molecule has 0 spiro atoms. The Morgan fingerprint density at radius 3 is 2.38 bits per heavy atom. The van der Waals surface area contributed by atoms with Gasteiger partial charge in [0.25, 0.3) is 11.8 Å². The van der Waals surface area contributed by atoms with Gasteiger partial charge in [-0.3, -0.25) is 28.8 Å². The van der Waals surface area contributed by atoms with Gasteiger partial charge in [-0.05, 0) is 58.8 Å². The molecule has 1 aromatic heterocycles. The zero-order valence-electron chi connectivity index (χ0n) is 23.7. The smallest absolute Gasteiger partial charge is 0.289 e. The lowest BCUT2D eigenvalue weighted by Gasteiger charge is -2.30. The quantitative estimate of drug-likeness (QED) is 0.262. The second-order valence-electron chi connectivity index (χ2n) is 11.2. The van der Waals surface area contributed by atoms with Crippen LogP contribution in [0, 0.1) is 18.8 Å². The standard InChI is InChI=1S/C27H40N6O7/c1-14(2)11-20(31-24(36)19-12-16(5)40-32-19)27(39)33-10-6-7-21(33)25(37)30-18(13-17-8-9-28-23(17)35)22(34)26(38)29-15(3)4/h12,14-15,17-18,20-21H,6-11,13H2,1-5H3,(H,28,35)(H,29,38)(H,30,37)(H,31,36)/t17-,18-,20-,21-/m0/s1. The number of aryl methyl sites for hydroxylation is 1. The number of likely N-dealkylation sites (tertiary alicyclic amines) is 1. The predicted octanol–water partition coefficient (Wildman–Crippen LogP) is 0.223. The van der Waals surface area contributed by atoms with E-state index < -0.39 is 53.5 Å². The lowest BCUT2D eigenvalue weighted by atomic mass is 9.95. The van der Waals surface area contributed by atoms with E-state index in [0.29, 0.717) is 44.5 Å². The van der Waals surface area contributed by atoms with Gasteiger partial charge in [0.15, 0.2) is 5.69 Å². The topological polar surface area (TPSA) is 180 Å². The van der Waals surface area contributed by atoms with Gasteiger partial charge < -0.3 is 30.7 Å². The Bertz CT molecular complexity index is 1130. The summed E-state index contributed by atoms with van der Waals surface area (Å²) in [6.07, 6.45) is 1.70. The van der Waals surface area contributed by atoms with Gasteiger partial charge in [0.05, 0.1) is 6.04 Å². The fraction of sp³-hybridized carbons (Fsp3) is 0.667. The number of hydrogen-bond donors (Lipinski definition) is 4. The number of amides is 5. The maximum Gasteiger partial charge on any atom is 0.289 e. The third-order valence-corrected chi connectivity index (χ3v) is 6.97. The highest BCUT2D eigenvalue weighted by molar-refractivity contribution is 6.38. The number of Topliss-reactive ketones (excluding diaryl/α,β-unsaturated/α-hetero) is 1. The molecule has 0 radical (unpaired) electrons. The number of hydrogen-bond acceptors (Lipinski definition) is 8. The summed E-state index contributed by atoms with van der Waals surface area (Å²) in [4.78, 5) is 79.0. The molecular formula is C27H40N6O7. The van der Waals surface area contributed by atoms with Crippen molar-refractivity contribution in [3.05, 3.63) is 17.5 Å². The molecule has 2 fully saturated rings. The highest BCUT2D eigenvalue weighted by Gasteiger charge is 2.41. The SMILES string of the molecule is Cc1cc(C(=O)N[C@@H](CC(C)C)C(=O)N2CCC[C@H]2C(=O)N[C@@H](C[C@@H]2CCNC2=O)C(=O)C(=O)NC(C)C)no1. The van der Waals surface area contributed by atoms with Gasteiger partial charge in [0.1, 0.15) is 17.8 Å². The Kier molecular flexibility index (Phi) is 10.4. The second-order valence-corrected chi connectivity index (χ2v) is 11.2. The predicted molar refractivity (Wildman–Crippen MR) is 143 cm³/mol. The first-order chi connectivity index (χ1) is 18.9. The van der Waals surface area contributed by atoms with Crippen molar-refractivity contribution in [2.75, 3.05) is 13.1 Å². The molecule has 2 aliphatic heterocycles. The van der Waals surface area contributed by atoms with E-state index in [4.69, 9.17) is 4.52 Å². The molecule has 1 aromatic rings. The number of rotatable bonds is 12. The molecule has 0 saturated carbocycles. The fourth-order valence-corrected chi connectivity index (χ4v) is 5.05. The molecule has 2 aliphatic rings. The zero-order valence-corrected chi connectivity index (χ0v) is 23.7. The monoisotopic (exact) mass is 560 g/mol. The Morgan fingerprint density at radius 1 is 1.07 bits per heavy atom. The third-order valence-electron chi connectivity index (χ3n) is 6.97. The van der Waals surface area contributed by atoms with Gasteiger partial charge in [0.2, 0.25) is 23.5 Å². The van der Waals surface area contributed by atoms with Gasteiger partial charge in [-0.1, -0.05) is 19.0 Å². The average molecular weight is 561 g/mol. The van der Waals surface area contributed by atoms with Crippen molar-refractivity contribution in [1.29, 1.82) is 0 Å². The van der Waals surface area contributed by atoms with E-state index in [9.17, 15) is 28.8 Å². The van der Waals surface area contributed by atoms with Crippen LogP contribution in [0.15, 0.2) is 10.6 Å². The van der Waals surface area contributed by atoms with E-state index in [0.717, 1.165) is 0 Å². The summed E-state index contributed by atoms with van der Waals surface area (Å²) in [7, 11) is 0. The highest BCUT2D eigenvalue weighted by Crippen LogP contribution is 2.22. The van der Waals surface area contributed by atoms with Crippen LogP contribution in [0.2, 0.25) is 0 Å². The summed E-state index contributed by atoms with van der Waals surface area (Å²) in [6, 6.07) is -1.85. The van der Waals surface area contributed by atoms with Crippen molar-refractivity contribution in [2.24, 2.45) is 11.8 Å². The normalized spacial score (nSPS) is 20.3. The highest BCUT2D eigenvalue weighted by atomic mass is 16.5. The molecule has 2 saturated heterocycles. The van der Waals surface area contributed by atoms with Gasteiger partial charge in [0, 0.05) is 31.1 Å². The maximum absolute atomic E-state index is 13.6. The van der Waals surface area contributed by atoms with Crippen molar-refractivity contribution >= 4 is 35.3 Å². The molecule has 13 heteroatoms. The summed E-state index contributed by atoms with van der Waals surface area (Å²) < 4.78 is 4.97. The molecule has 3 rings (SSSR count). The average Bonchev–Trinajstić information content (AvgIpc) is 3.63. The molecule has 5 amide bonds. The molecule has 3 heterocycles. The van der Waals surface area contributed by atoms with Crippen molar-refractivity contribution in [2.45, 2.75) is 90.9 Å². The van der Waals surface area contributed by atoms with Crippen LogP contribution >= 0.6 is 0 Å². The van der Waals surface area contributed by atoms with E-state index in [-0.39, 0.29) is 30.0 Å². The Labute approximate surface area is 233 Å². The lowest BCUT2D eigenvalue weighted by Crippen LogP contribution is -2.57. The molecule has 220 valence electrons. The number of ketones is 1. The third kappa shape index (κ3) is 7.89. The van der Waals surface area contributed by atoms with Crippen molar-refractivity contribution < 1.29 is 33.3 Å². The van der Waals surface area contributed by atoms with Crippen molar-refractivity contribution in [3.63, 3.8) is 0 Å². The molecule has 13 nitrogen and oxygen atoms in total. The van der Waals surface area contributed by atoms with Crippen molar-refractivity contribution in [1.82, 2.24) is 31.3 Å². The summed E-state index contributed by atoms with van der Waals surface area (Å²) in [5.41, 5.74) is 0.0479. The molecule has 0 aromatic carbocycles. The van der Waals surface area contributed by atoms with Crippen LogP contribution in [-0.2, 0) is 24.0 Å². The summed E-state index contributed by atoms with van der Waals surface area (Å²) >= 11 is 0. The van der Waals surface area contributed by atoms with Crippen LogP contribution in [0.25, 0.3) is 0 Å². The van der Waals surface area contributed by atoms with Crippen LogP contribution in [0.1, 0.15) is 76.0 Å². The molecule has 0 unspecified atom stereocenters. The minimum absolute atomic E-state index is 0.0221. The molecule has 0 aliphatic carbocycles. The number of nitrogens with one attached hydrogen (secondary N) is 4. The van der Waals surface area contributed by atoms with E-state index in [2.05, 4.69) is 26.4 Å². The molecular weight excluding hydrogens is 520 g/mol. The van der Waals surface area contributed by atoms with Crippen LogP contribution in [0.4, 0.5) is 0 Å². The fourth-order valence-electron chi connectivity index (χ4n) is 5.05. The minimum atomic E-state index is -1.22. The van der Waals surface area contributed by atoms with Crippen molar-refractivity contribution in [3.8, 4) is 0 Å². The molecule has 4 atom stereocenters. The number of carbonyl (C=O) groups excluding carboxylic acids is 6. The first-order valence-corrected chi connectivity index (χ1v) is 13.8. The van der Waals surface area contributed by atoms with Gasteiger partial charge in [-0.25, -0.2) is 0 Å². The first kappa shape index (κ1) is 30.8. The van der Waals surface area contributed by atoms with E-state index in [1.807, 2.05) is 13.8 Å². The lowest BCUT2D eigenvalue weighted by molar-refractivity contribution is -0.143. The molecule has 0 bridgehead atoms. The van der Waals surface area contributed by atoms with Crippen LogP contribution in [-0.4, -0.2) is 82.6 Å². The van der Waals surface area contributed by atoms with Gasteiger partial charge >= 0.3 is 0 Å². The number of nitrogens with zero attached hydrogens (tertiary/aromatic N) is 2. The molecule has 40 heavy (non-hydrogen) atoms. The van der Waals surface area contributed by atoms with Crippen LogP contribution in [0.5, 0.6) is 0 Å². The Balaban J connectivity index is 1.76. The van der Waals surface area contributed by atoms with E-state index in [1.165, 1.54) is 11.0 Å². The Hall–Kier alpha value is -3.77. The van der Waals surface area contributed by atoms with Gasteiger partial charge in [-0.15, -0.1) is 0 Å². The van der Waals surface area contributed by atoms with Gasteiger partial charge in [-0.2, -0.15) is 0 Å². The minimum Gasteiger partial charge on any atom is -0.361 e. The molecule has 4 N–H and O–H groups in total. The first-order valence-electron chi connectivity index (χ1n) is 13.8. The summed E-state index contributed by atoms with van der Waals surface area (Å²) in [5, 5.41) is 14.3. The second kappa shape index (κ2) is 13.5. The van der Waals surface area contributed by atoms with E-state index in [1.54, 1.807) is 20.8 Å². The summed E-state index contributed by atoms with van der Waals surface area (Å²) in [5.74, 6) is -3.50. The Morgan fingerprint density at radius 2 is 1.80 bits per heavy atom. The van der Waals surface area contributed by atoms with Crippen LogP contribution < -0.4 is 21.3 Å². The number of aromatic nitrogens is 1. The summed E-state index contributed by atoms with van der Waals surface area (Å²) in [6.45, 7) is 9.65. The zero-order chi connectivity index (χ0) is 29.6. The number of carbonyl (C=O) groups is 6. The maximum atomic E-state index is 13.6. The largest absolute Gasteiger partial charge is 0.361 e.